The summed E-state index contributed by atoms with van der Waals surface area (Å²) in [6, 6.07) is 1.35. The summed E-state index contributed by atoms with van der Waals surface area (Å²) in [5.41, 5.74) is 0. The molecule has 0 aromatic rings. The van der Waals surface area contributed by atoms with Crippen LogP contribution in [0.15, 0.2) is 0 Å². The third-order valence-corrected chi connectivity index (χ3v) is 1.06. The predicted octanol–water partition coefficient (Wildman–Crippen LogP) is -0.00571. The Bertz CT molecular complexity index is 5.25. The summed E-state index contributed by atoms with van der Waals surface area (Å²) in [7, 11) is 1.33. The van der Waals surface area contributed by atoms with Crippen LogP contribution in [0.3, 0.4) is 0 Å². The van der Waals surface area contributed by atoms with E-state index in [1.807, 2.05) is 0 Å². The molecule has 25 valence electrons. The maximum absolute atomic E-state index is 3.64. The Morgan fingerprint density at radius 2 is 2.00 bits per heavy atom. The Morgan fingerprint density at radius 3 is 2.00 bits per heavy atom. The van der Waals surface area contributed by atoms with Crippen LogP contribution in [0.2, 0.25) is 6.04 Å². The van der Waals surface area contributed by atoms with E-state index in [9.17, 15) is 0 Å². The fourth-order valence-electron chi connectivity index (χ4n) is 0. The van der Waals surface area contributed by atoms with Gasteiger partial charge in [-0.25, -0.2) is 0 Å². The third-order valence-electron chi connectivity index (χ3n) is 0.354. The minimum atomic E-state index is 1.13. The highest BCUT2D eigenvalue weighted by Gasteiger charge is 1.57. The Balaban J connectivity index is 1.97. The van der Waals surface area contributed by atoms with Gasteiger partial charge >= 0.3 is 0 Å². The van der Waals surface area contributed by atoms with Crippen LogP contribution in [-0.2, 0) is 0 Å². The number of rotatable bonds is 1. The fourth-order valence-corrected chi connectivity index (χ4v) is 0. The summed E-state index contributed by atoms with van der Waals surface area (Å²) in [6.07, 6.45) is 1.13. The summed E-state index contributed by atoms with van der Waals surface area (Å²) in [5, 5.41) is 0. The first-order valence-corrected chi connectivity index (χ1v) is 3.12. The Hall–Kier alpha value is 0.217. The Labute approximate surface area is 30.6 Å². The number of hydrogen-bond acceptors (Lipinski definition) is 0. The van der Waals surface area contributed by atoms with Gasteiger partial charge in [-0.05, 0) is 0 Å². The molecular formula is C3H9Si. The van der Waals surface area contributed by atoms with Crippen molar-refractivity contribution in [3.05, 3.63) is 6.92 Å². The molecule has 0 rings (SSSR count). The van der Waals surface area contributed by atoms with Gasteiger partial charge in [0, 0.05) is 10.2 Å². The maximum atomic E-state index is 3.64. The molecule has 0 fully saturated rings. The van der Waals surface area contributed by atoms with Crippen LogP contribution in [0.1, 0.15) is 6.42 Å². The zero-order chi connectivity index (χ0) is 3.41. The maximum Gasteiger partial charge on any atom is 0.00279 e. The Kier molecular flexibility index (Phi) is 3.39. The summed E-state index contributed by atoms with van der Waals surface area (Å²) < 4.78 is 0. The van der Waals surface area contributed by atoms with E-state index < -0.39 is 0 Å². The molecule has 0 aliphatic rings. The van der Waals surface area contributed by atoms with Gasteiger partial charge in [0.2, 0.25) is 0 Å². The highest BCUT2D eigenvalue weighted by atomic mass is 28.1. The molecule has 0 aliphatic heterocycles. The van der Waals surface area contributed by atoms with Gasteiger partial charge in [-0.15, -0.1) is 0 Å². The molecule has 1 radical (unpaired) electrons. The lowest BCUT2D eigenvalue weighted by atomic mass is 10.6. The smallest absolute Gasteiger partial charge is 0.00279 e. The van der Waals surface area contributed by atoms with Crippen molar-refractivity contribution < 1.29 is 0 Å². The first-order valence-electron chi connectivity index (χ1n) is 1.71. The first kappa shape index (κ1) is 4.22. The average molecular weight is 73.2 g/mol. The first-order chi connectivity index (χ1) is 1.91. The molecule has 0 aromatic carbocycles. The van der Waals surface area contributed by atoms with Crippen molar-refractivity contribution in [3.63, 3.8) is 0 Å². The third kappa shape index (κ3) is 2.22. The van der Waals surface area contributed by atoms with Gasteiger partial charge in [0.05, 0.1) is 0 Å². The van der Waals surface area contributed by atoms with Crippen LogP contribution in [-0.4, -0.2) is 10.2 Å². The second kappa shape index (κ2) is 3.22. The van der Waals surface area contributed by atoms with Gasteiger partial charge in [0.1, 0.15) is 0 Å². The molecule has 0 aromatic heterocycles. The minimum absolute atomic E-state index is 1.13. The lowest BCUT2D eigenvalue weighted by Gasteiger charge is -1.67. The second-order valence-corrected chi connectivity index (χ2v) is 1.85. The summed E-state index contributed by atoms with van der Waals surface area (Å²) in [4.78, 5) is 0. The van der Waals surface area contributed by atoms with Gasteiger partial charge in [-0.1, -0.05) is 19.4 Å². The van der Waals surface area contributed by atoms with E-state index in [4.69, 9.17) is 0 Å². The van der Waals surface area contributed by atoms with Gasteiger partial charge < -0.3 is 0 Å². The van der Waals surface area contributed by atoms with Crippen molar-refractivity contribution in [1.29, 1.82) is 0 Å². The number of hydrogen-bond donors (Lipinski definition) is 0. The van der Waals surface area contributed by atoms with E-state index in [2.05, 4.69) is 6.92 Å². The van der Waals surface area contributed by atoms with Crippen molar-refractivity contribution in [2.45, 2.75) is 12.5 Å². The van der Waals surface area contributed by atoms with E-state index in [1.54, 1.807) is 0 Å². The molecule has 0 nitrogen and oxygen atoms in total. The van der Waals surface area contributed by atoms with E-state index in [0.29, 0.717) is 0 Å². The highest BCUT2D eigenvalue weighted by molar-refractivity contribution is 6.08. The van der Waals surface area contributed by atoms with E-state index in [1.165, 1.54) is 16.3 Å². The molecule has 1 heteroatoms. The normalized spacial score (nSPS) is 8.25. The molecule has 4 heavy (non-hydrogen) atoms. The standard InChI is InChI=1S/C3H9Si/c1-2-3-4/h1-3H2,4H3. The molecule has 0 saturated heterocycles. The van der Waals surface area contributed by atoms with Gasteiger partial charge in [-0.3, -0.25) is 0 Å². The van der Waals surface area contributed by atoms with Gasteiger partial charge in [0.15, 0.2) is 0 Å². The second-order valence-electron chi connectivity index (χ2n) is 0.854. The zero-order valence-corrected chi connectivity index (χ0v) is 5.12. The summed E-state index contributed by atoms with van der Waals surface area (Å²) in [6.45, 7) is 3.64. The van der Waals surface area contributed by atoms with Crippen molar-refractivity contribution in [2.75, 3.05) is 0 Å². The molecule has 0 unspecified atom stereocenters. The molecule has 0 amide bonds. The molecule has 0 atom stereocenters. The average Bonchev–Trinajstić information content (AvgIpc) is 1.37. The predicted molar refractivity (Wildman–Crippen MR) is 24.7 cm³/mol. The topological polar surface area (TPSA) is 0 Å². The quantitative estimate of drug-likeness (QED) is 0.383. The van der Waals surface area contributed by atoms with Crippen LogP contribution in [0.4, 0.5) is 0 Å². The van der Waals surface area contributed by atoms with Gasteiger partial charge in [-0.2, -0.15) is 0 Å². The molecule has 0 aliphatic carbocycles. The molecule has 0 saturated carbocycles. The van der Waals surface area contributed by atoms with E-state index in [0.717, 1.165) is 6.42 Å². The van der Waals surface area contributed by atoms with Crippen LogP contribution in [0, 0.1) is 6.92 Å². The molecule has 0 heterocycles. The van der Waals surface area contributed by atoms with Crippen molar-refractivity contribution in [1.82, 2.24) is 0 Å². The lowest BCUT2D eigenvalue weighted by molar-refractivity contribution is 1.22. The Morgan fingerprint density at radius 1 is 1.75 bits per heavy atom. The van der Waals surface area contributed by atoms with E-state index in [-0.39, 0.29) is 0 Å². The molecule has 0 spiro atoms. The minimum Gasteiger partial charge on any atom is -0.0658 e. The van der Waals surface area contributed by atoms with Gasteiger partial charge in [0.25, 0.3) is 0 Å². The van der Waals surface area contributed by atoms with Crippen molar-refractivity contribution in [3.8, 4) is 0 Å². The highest BCUT2D eigenvalue weighted by Crippen LogP contribution is 1.72. The molecule has 0 N–H and O–H groups in total. The largest absolute Gasteiger partial charge is 0.0658 e. The fraction of sp³-hybridized carbons (Fsp3) is 0.667. The lowest BCUT2D eigenvalue weighted by Crippen LogP contribution is -1.55. The summed E-state index contributed by atoms with van der Waals surface area (Å²) >= 11 is 0. The molecular weight excluding hydrogens is 64.1 g/mol. The van der Waals surface area contributed by atoms with Crippen LogP contribution in [0.5, 0.6) is 0 Å². The van der Waals surface area contributed by atoms with Crippen LogP contribution >= 0.6 is 0 Å². The van der Waals surface area contributed by atoms with Crippen LogP contribution < -0.4 is 0 Å². The van der Waals surface area contributed by atoms with E-state index >= 15 is 0 Å². The SMILES string of the molecule is [CH2]CC[SiH3]. The monoisotopic (exact) mass is 73.0 g/mol. The zero-order valence-electron chi connectivity index (χ0n) is 3.12. The van der Waals surface area contributed by atoms with Crippen molar-refractivity contribution in [2.24, 2.45) is 0 Å². The van der Waals surface area contributed by atoms with Crippen molar-refractivity contribution >= 4 is 10.2 Å². The summed E-state index contributed by atoms with van der Waals surface area (Å²) in [5.74, 6) is 0. The molecule has 0 bridgehead atoms. The van der Waals surface area contributed by atoms with Crippen LogP contribution in [0.25, 0.3) is 0 Å².